The Morgan fingerprint density at radius 2 is 2.00 bits per heavy atom. The molecule has 0 aromatic heterocycles. The number of halogens is 1. The van der Waals surface area contributed by atoms with Gasteiger partial charge in [-0.3, -0.25) is 0 Å². The van der Waals surface area contributed by atoms with Crippen LogP contribution in [-0.4, -0.2) is 36.9 Å². The number of hydrogen-bond donors (Lipinski definition) is 2. The topological polar surface area (TPSA) is 67.8 Å². The maximum absolute atomic E-state index is 11.5. The predicted molar refractivity (Wildman–Crippen MR) is 113 cm³/mol. The molecule has 156 valence electrons. The zero-order chi connectivity index (χ0) is 20.6. The molecular formula is C23H28ClNO4. The zero-order valence-electron chi connectivity index (χ0n) is 16.7. The van der Waals surface area contributed by atoms with Gasteiger partial charge < -0.3 is 19.9 Å². The van der Waals surface area contributed by atoms with E-state index in [4.69, 9.17) is 21.1 Å². The largest absolute Gasteiger partial charge is 0.482 e. The van der Waals surface area contributed by atoms with Crippen molar-refractivity contribution in [1.82, 2.24) is 5.32 Å². The molecule has 0 aliphatic heterocycles. The van der Waals surface area contributed by atoms with Gasteiger partial charge in [0, 0.05) is 17.6 Å². The minimum atomic E-state index is -0.581. The Labute approximate surface area is 177 Å². The summed E-state index contributed by atoms with van der Waals surface area (Å²) in [4.78, 5) is 11.5. The van der Waals surface area contributed by atoms with E-state index in [-0.39, 0.29) is 12.6 Å². The first kappa shape index (κ1) is 21.6. The second-order valence-corrected chi connectivity index (χ2v) is 7.71. The van der Waals surface area contributed by atoms with Crippen LogP contribution in [0.1, 0.15) is 42.6 Å². The summed E-state index contributed by atoms with van der Waals surface area (Å²) >= 11 is 6.01. The maximum Gasteiger partial charge on any atom is 0.344 e. The van der Waals surface area contributed by atoms with Gasteiger partial charge >= 0.3 is 5.97 Å². The van der Waals surface area contributed by atoms with Crippen molar-refractivity contribution in [3.8, 4) is 5.75 Å². The predicted octanol–water partition coefficient (Wildman–Crippen LogP) is 3.85. The van der Waals surface area contributed by atoms with Gasteiger partial charge in [-0.25, -0.2) is 4.79 Å². The highest BCUT2D eigenvalue weighted by atomic mass is 35.5. The molecule has 0 fully saturated rings. The van der Waals surface area contributed by atoms with Gasteiger partial charge in [0.25, 0.3) is 0 Å². The summed E-state index contributed by atoms with van der Waals surface area (Å²) in [6, 6.07) is 13.7. The number of nitrogens with one attached hydrogen (secondary N) is 1. The number of aliphatic hydroxyl groups excluding tert-OH is 1. The molecular weight excluding hydrogens is 390 g/mol. The number of ether oxygens (including phenoxy) is 2. The summed E-state index contributed by atoms with van der Waals surface area (Å²) in [5, 5.41) is 14.6. The standard InChI is InChI=1S/C23H28ClNO4/c1-2-28-23(27)15-29-21-11-8-16-6-9-20(10-7-17(16)13-21)25-14-22(26)18-4-3-5-19(24)12-18/h3-5,8,11-13,20,22,25-26H,2,6-7,9-10,14-15H2,1H3. The van der Waals surface area contributed by atoms with E-state index in [9.17, 15) is 9.90 Å². The Bertz CT molecular complexity index is 826. The highest BCUT2D eigenvalue weighted by Gasteiger charge is 2.18. The molecule has 0 heterocycles. The van der Waals surface area contributed by atoms with E-state index in [0.717, 1.165) is 31.2 Å². The fourth-order valence-corrected chi connectivity index (χ4v) is 3.83. The molecule has 0 saturated heterocycles. The molecule has 2 N–H and O–H groups in total. The third-order valence-corrected chi connectivity index (χ3v) is 5.43. The van der Waals surface area contributed by atoms with Gasteiger partial charge in [0.05, 0.1) is 12.7 Å². The summed E-state index contributed by atoms with van der Waals surface area (Å²) in [7, 11) is 0. The average molecular weight is 418 g/mol. The fourth-order valence-electron chi connectivity index (χ4n) is 3.63. The molecule has 0 spiro atoms. The van der Waals surface area contributed by atoms with Crippen molar-refractivity contribution in [2.75, 3.05) is 19.8 Å². The molecule has 5 nitrogen and oxygen atoms in total. The number of rotatable bonds is 8. The highest BCUT2D eigenvalue weighted by molar-refractivity contribution is 6.30. The molecule has 1 aliphatic carbocycles. The van der Waals surface area contributed by atoms with E-state index >= 15 is 0 Å². The van der Waals surface area contributed by atoms with Crippen molar-refractivity contribution in [2.24, 2.45) is 0 Å². The third kappa shape index (κ3) is 6.46. The number of fused-ring (bicyclic) bond motifs is 1. The minimum absolute atomic E-state index is 0.0712. The summed E-state index contributed by atoms with van der Waals surface area (Å²) in [6.07, 6.45) is 3.31. The lowest BCUT2D eigenvalue weighted by atomic mass is 10.0. The second-order valence-electron chi connectivity index (χ2n) is 7.28. The molecule has 2 unspecified atom stereocenters. The molecule has 0 saturated carbocycles. The van der Waals surface area contributed by atoms with E-state index in [1.54, 1.807) is 19.1 Å². The fraction of sp³-hybridized carbons (Fsp3) is 0.435. The Hall–Kier alpha value is -2.08. The van der Waals surface area contributed by atoms with Gasteiger partial charge in [-0.05, 0) is 73.6 Å². The molecule has 3 rings (SSSR count). The number of esters is 1. The van der Waals surface area contributed by atoms with Crippen molar-refractivity contribution in [1.29, 1.82) is 0 Å². The molecule has 29 heavy (non-hydrogen) atoms. The van der Waals surface area contributed by atoms with Crippen LogP contribution in [0.15, 0.2) is 42.5 Å². The van der Waals surface area contributed by atoms with Crippen LogP contribution in [-0.2, 0) is 22.4 Å². The summed E-state index contributed by atoms with van der Waals surface area (Å²) in [5.74, 6) is 0.338. The Kier molecular flexibility index (Phi) is 7.92. The summed E-state index contributed by atoms with van der Waals surface area (Å²) in [6.45, 7) is 2.55. The van der Waals surface area contributed by atoms with Gasteiger partial charge in [0.1, 0.15) is 5.75 Å². The minimum Gasteiger partial charge on any atom is -0.482 e. The highest BCUT2D eigenvalue weighted by Crippen LogP contribution is 2.26. The van der Waals surface area contributed by atoms with E-state index in [0.29, 0.717) is 30.0 Å². The first-order valence-corrected chi connectivity index (χ1v) is 10.5. The van der Waals surface area contributed by atoms with Crippen LogP contribution < -0.4 is 10.1 Å². The Balaban J connectivity index is 1.51. The molecule has 2 aromatic rings. The van der Waals surface area contributed by atoms with Crippen LogP contribution in [0.4, 0.5) is 0 Å². The van der Waals surface area contributed by atoms with E-state index < -0.39 is 6.10 Å². The quantitative estimate of drug-likeness (QED) is 0.504. The van der Waals surface area contributed by atoms with Gasteiger partial charge in [0.15, 0.2) is 6.61 Å². The maximum atomic E-state index is 11.5. The Morgan fingerprint density at radius 1 is 1.21 bits per heavy atom. The Morgan fingerprint density at radius 3 is 2.76 bits per heavy atom. The lowest BCUT2D eigenvalue weighted by molar-refractivity contribution is -0.145. The molecule has 0 radical (unpaired) electrons. The van der Waals surface area contributed by atoms with E-state index in [1.807, 2.05) is 24.3 Å². The van der Waals surface area contributed by atoms with E-state index in [2.05, 4.69) is 11.4 Å². The smallest absolute Gasteiger partial charge is 0.344 e. The van der Waals surface area contributed by atoms with Crippen LogP contribution in [0, 0.1) is 0 Å². The summed E-state index contributed by atoms with van der Waals surface area (Å²) in [5.41, 5.74) is 3.39. The van der Waals surface area contributed by atoms with Crippen LogP contribution >= 0.6 is 11.6 Å². The summed E-state index contributed by atoms with van der Waals surface area (Å²) < 4.78 is 10.5. The second kappa shape index (κ2) is 10.6. The zero-order valence-corrected chi connectivity index (χ0v) is 17.5. The normalized spacial score (nSPS) is 17.1. The number of carbonyl (C=O) groups excluding carboxylic acids is 1. The molecule has 0 bridgehead atoms. The van der Waals surface area contributed by atoms with Gasteiger partial charge in [-0.1, -0.05) is 29.8 Å². The number of aliphatic hydroxyl groups is 1. The molecule has 2 aromatic carbocycles. The van der Waals surface area contributed by atoms with Gasteiger partial charge in [-0.2, -0.15) is 0 Å². The monoisotopic (exact) mass is 417 g/mol. The SMILES string of the molecule is CCOC(=O)COc1ccc2c(c1)CCC(NCC(O)c1cccc(Cl)c1)CC2. The van der Waals surface area contributed by atoms with Crippen LogP contribution in [0.25, 0.3) is 0 Å². The molecule has 6 heteroatoms. The number of carbonyl (C=O) groups is 1. The van der Waals surface area contributed by atoms with Gasteiger partial charge in [0.2, 0.25) is 0 Å². The van der Waals surface area contributed by atoms with Gasteiger partial charge in [-0.15, -0.1) is 0 Å². The van der Waals surface area contributed by atoms with Crippen molar-refractivity contribution in [3.63, 3.8) is 0 Å². The van der Waals surface area contributed by atoms with Crippen molar-refractivity contribution in [3.05, 3.63) is 64.2 Å². The number of aryl methyl sites for hydroxylation is 2. The lowest BCUT2D eigenvalue weighted by Crippen LogP contribution is -2.33. The first-order valence-electron chi connectivity index (χ1n) is 10.1. The first-order chi connectivity index (χ1) is 14.0. The lowest BCUT2D eigenvalue weighted by Gasteiger charge is -2.19. The number of benzene rings is 2. The number of hydrogen-bond acceptors (Lipinski definition) is 5. The third-order valence-electron chi connectivity index (χ3n) is 5.20. The van der Waals surface area contributed by atoms with Crippen molar-refractivity contribution < 1.29 is 19.4 Å². The van der Waals surface area contributed by atoms with Crippen LogP contribution in [0.3, 0.4) is 0 Å². The van der Waals surface area contributed by atoms with Crippen molar-refractivity contribution in [2.45, 2.75) is 44.8 Å². The molecule has 1 aliphatic rings. The van der Waals surface area contributed by atoms with Crippen LogP contribution in [0.5, 0.6) is 5.75 Å². The van der Waals surface area contributed by atoms with E-state index in [1.165, 1.54) is 11.1 Å². The average Bonchev–Trinajstić information content (AvgIpc) is 2.92. The van der Waals surface area contributed by atoms with Crippen LogP contribution in [0.2, 0.25) is 5.02 Å². The molecule has 2 atom stereocenters. The van der Waals surface area contributed by atoms with Crippen molar-refractivity contribution >= 4 is 17.6 Å². The molecule has 0 amide bonds.